The number of nitrogens with one attached hydrogen (secondary N) is 2. The van der Waals surface area contributed by atoms with Gasteiger partial charge in [-0.15, -0.1) is 0 Å². The van der Waals surface area contributed by atoms with Crippen molar-refractivity contribution < 1.29 is 19.1 Å². The molecule has 1 rings (SSSR count). The first-order chi connectivity index (χ1) is 9.38. The number of carbonyl (C=O) groups excluding carboxylic acids is 1. The Bertz CT molecular complexity index is 428. The highest BCUT2D eigenvalue weighted by molar-refractivity contribution is 5.82. The predicted molar refractivity (Wildman–Crippen MR) is 74.4 cm³/mol. The van der Waals surface area contributed by atoms with Gasteiger partial charge in [-0.05, 0) is 31.4 Å². The molecule has 1 heterocycles. The van der Waals surface area contributed by atoms with Crippen molar-refractivity contribution in [3.05, 3.63) is 24.2 Å². The third-order valence-corrected chi connectivity index (χ3v) is 2.78. The van der Waals surface area contributed by atoms with Gasteiger partial charge in [0.05, 0.1) is 6.26 Å². The lowest BCUT2D eigenvalue weighted by molar-refractivity contribution is -0.139. The number of furan rings is 1. The zero-order chi connectivity index (χ0) is 15.1. The fraction of sp³-hybridized carbons (Fsp3) is 0.571. The molecule has 0 aromatic carbocycles. The van der Waals surface area contributed by atoms with Crippen molar-refractivity contribution in [2.75, 3.05) is 0 Å². The van der Waals surface area contributed by atoms with Crippen molar-refractivity contribution in [1.29, 1.82) is 0 Å². The van der Waals surface area contributed by atoms with E-state index < -0.39 is 18.0 Å². The van der Waals surface area contributed by atoms with E-state index in [0.717, 1.165) is 5.76 Å². The van der Waals surface area contributed by atoms with E-state index in [2.05, 4.69) is 10.6 Å². The summed E-state index contributed by atoms with van der Waals surface area (Å²) < 4.78 is 5.19. The lowest BCUT2D eigenvalue weighted by Gasteiger charge is -2.19. The Labute approximate surface area is 118 Å². The monoisotopic (exact) mass is 282 g/mol. The van der Waals surface area contributed by atoms with Gasteiger partial charge in [-0.3, -0.25) is 0 Å². The molecule has 0 spiro atoms. The van der Waals surface area contributed by atoms with Crippen LogP contribution in [0.3, 0.4) is 0 Å². The highest BCUT2D eigenvalue weighted by Crippen LogP contribution is 2.06. The molecule has 0 bridgehead atoms. The average molecular weight is 282 g/mol. The summed E-state index contributed by atoms with van der Waals surface area (Å²) in [5, 5.41) is 14.2. The van der Waals surface area contributed by atoms with Gasteiger partial charge in [0.2, 0.25) is 0 Å². The van der Waals surface area contributed by atoms with Crippen molar-refractivity contribution >= 4 is 12.0 Å². The second kappa shape index (κ2) is 7.57. The Balaban J connectivity index is 2.42. The van der Waals surface area contributed by atoms with Crippen LogP contribution in [0.1, 0.15) is 33.0 Å². The van der Waals surface area contributed by atoms with Gasteiger partial charge in [-0.1, -0.05) is 13.8 Å². The van der Waals surface area contributed by atoms with Gasteiger partial charge in [-0.2, -0.15) is 0 Å². The molecule has 20 heavy (non-hydrogen) atoms. The van der Waals surface area contributed by atoms with E-state index in [1.54, 1.807) is 12.3 Å². The van der Waals surface area contributed by atoms with Crippen LogP contribution < -0.4 is 10.6 Å². The van der Waals surface area contributed by atoms with Crippen LogP contribution in [0.2, 0.25) is 0 Å². The van der Waals surface area contributed by atoms with E-state index in [0.29, 0.717) is 12.8 Å². The van der Waals surface area contributed by atoms with Crippen molar-refractivity contribution in [2.45, 2.75) is 45.7 Å². The lowest BCUT2D eigenvalue weighted by Crippen LogP contribution is -2.49. The molecule has 112 valence electrons. The summed E-state index contributed by atoms with van der Waals surface area (Å²) in [5.41, 5.74) is 0. The van der Waals surface area contributed by atoms with Crippen molar-refractivity contribution in [2.24, 2.45) is 5.92 Å². The zero-order valence-electron chi connectivity index (χ0n) is 12.1. The molecule has 2 unspecified atom stereocenters. The molecule has 1 aromatic heterocycles. The number of carboxylic acids is 1. The standard InChI is InChI=1S/C14H22N2O4/c1-9(2)7-12(13(17)18)16-14(19)15-10(3)8-11-5-4-6-20-11/h4-6,9-10,12H,7-8H2,1-3H3,(H,17,18)(H2,15,16,19). The minimum Gasteiger partial charge on any atom is -0.480 e. The maximum absolute atomic E-state index is 11.8. The van der Waals surface area contributed by atoms with Crippen LogP contribution in [0, 0.1) is 5.92 Å². The first-order valence-corrected chi connectivity index (χ1v) is 6.70. The number of rotatable bonds is 7. The molecule has 0 fully saturated rings. The largest absolute Gasteiger partial charge is 0.480 e. The van der Waals surface area contributed by atoms with E-state index in [1.165, 1.54) is 0 Å². The van der Waals surface area contributed by atoms with Crippen molar-refractivity contribution in [3.63, 3.8) is 0 Å². The summed E-state index contributed by atoms with van der Waals surface area (Å²) >= 11 is 0. The molecule has 1 aromatic rings. The molecule has 0 aliphatic carbocycles. The summed E-state index contributed by atoms with van der Waals surface area (Å²) in [7, 11) is 0. The van der Waals surface area contributed by atoms with Gasteiger partial charge >= 0.3 is 12.0 Å². The predicted octanol–water partition coefficient (Wildman–Crippen LogP) is 2.01. The number of urea groups is 1. The van der Waals surface area contributed by atoms with Gasteiger partial charge in [0.25, 0.3) is 0 Å². The number of aliphatic carboxylic acids is 1. The van der Waals surface area contributed by atoms with Gasteiger partial charge in [0, 0.05) is 12.5 Å². The quantitative estimate of drug-likeness (QED) is 0.713. The van der Waals surface area contributed by atoms with Gasteiger partial charge in [0.15, 0.2) is 0 Å². The molecule has 6 heteroatoms. The van der Waals surface area contributed by atoms with Crippen molar-refractivity contribution in [3.8, 4) is 0 Å². The highest BCUT2D eigenvalue weighted by Gasteiger charge is 2.21. The molecule has 3 N–H and O–H groups in total. The molecule has 0 saturated carbocycles. The summed E-state index contributed by atoms with van der Waals surface area (Å²) in [5.74, 6) is -0.0563. The number of carboxylic acid groups (broad SMARTS) is 1. The van der Waals surface area contributed by atoms with Crippen LogP contribution >= 0.6 is 0 Å². The fourth-order valence-corrected chi connectivity index (χ4v) is 1.90. The van der Waals surface area contributed by atoms with Crippen LogP contribution in [-0.2, 0) is 11.2 Å². The van der Waals surface area contributed by atoms with Crippen LogP contribution in [0.4, 0.5) is 4.79 Å². The third kappa shape index (κ3) is 5.77. The Morgan fingerprint density at radius 1 is 1.30 bits per heavy atom. The van der Waals surface area contributed by atoms with Crippen molar-refractivity contribution in [1.82, 2.24) is 10.6 Å². The molecular weight excluding hydrogens is 260 g/mol. The maximum atomic E-state index is 11.8. The molecular formula is C14H22N2O4. The Kier molecular flexibility index (Phi) is 6.09. The van der Waals surface area contributed by atoms with Gasteiger partial charge in [0.1, 0.15) is 11.8 Å². The fourth-order valence-electron chi connectivity index (χ4n) is 1.90. The zero-order valence-corrected chi connectivity index (χ0v) is 12.1. The molecule has 6 nitrogen and oxygen atoms in total. The molecule has 0 aliphatic heterocycles. The third-order valence-electron chi connectivity index (χ3n) is 2.78. The molecule has 2 amide bonds. The summed E-state index contributed by atoms with van der Waals surface area (Å²) in [4.78, 5) is 22.8. The SMILES string of the molecule is CC(C)CC(NC(=O)NC(C)Cc1ccco1)C(=O)O. The molecule has 0 saturated heterocycles. The van der Waals surface area contributed by atoms with E-state index >= 15 is 0 Å². The Hall–Kier alpha value is -1.98. The molecule has 0 radical (unpaired) electrons. The van der Waals surface area contributed by atoms with Crippen LogP contribution in [-0.4, -0.2) is 29.2 Å². The van der Waals surface area contributed by atoms with E-state index in [9.17, 15) is 9.59 Å². The minimum atomic E-state index is -1.02. The smallest absolute Gasteiger partial charge is 0.326 e. The number of hydrogen-bond donors (Lipinski definition) is 3. The van der Waals surface area contributed by atoms with Crippen LogP contribution in [0.25, 0.3) is 0 Å². The minimum absolute atomic E-state index is 0.144. The molecule has 0 aliphatic rings. The summed E-state index contributed by atoms with van der Waals surface area (Å²) in [6.45, 7) is 5.66. The average Bonchev–Trinajstić information content (AvgIpc) is 2.79. The maximum Gasteiger partial charge on any atom is 0.326 e. The first kappa shape index (κ1) is 16.1. The number of carbonyl (C=O) groups is 2. The van der Waals surface area contributed by atoms with Crippen LogP contribution in [0.5, 0.6) is 0 Å². The Morgan fingerprint density at radius 3 is 2.50 bits per heavy atom. The topological polar surface area (TPSA) is 91.6 Å². The number of amides is 2. The van der Waals surface area contributed by atoms with Gasteiger partial charge < -0.3 is 20.2 Å². The van der Waals surface area contributed by atoms with Crippen LogP contribution in [0.15, 0.2) is 22.8 Å². The summed E-state index contributed by atoms with van der Waals surface area (Å²) in [6.07, 6.45) is 2.53. The Morgan fingerprint density at radius 2 is 2.00 bits per heavy atom. The number of hydrogen-bond acceptors (Lipinski definition) is 3. The highest BCUT2D eigenvalue weighted by atomic mass is 16.4. The first-order valence-electron chi connectivity index (χ1n) is 6.70. The van der Waals surface area contributed by atoms with E-state index in [1.807, 2.05) is 26.8 Å². The van der Waals surface area contributed by atoms with Gasteiger partial charge in [-0.25, -0.2) is 9.59 Å². The molecule has 2 atom stereocenters. The van der Waals surface area contributed by atoms with E-state index in [4.69, 9.17) is 9.52 Å². The lowest BCUT2D eigenvalue weighted by atomic mass is 10.0. The normalized spacial score (nSPS) is 13.8. The summed E-state index contributed by atoms with van der Waals surface area (Å²) in [6, 6.07) is 2.12. The second-order valence-electron chi connectivity index (χ2n) is 5.32. The van der Waals surface area contributed by atoms with E-state index in [-0.39, 0.29) is 12.0 Å². The second-order valence-corrected chi connectivity index (χ2v) is 5.32.